The molecule has 0 spiro atoms. The fourth-order valence-corrected chi connectivity index (χ4v) is 3.17. The van der Waals surface area contributed by atoms with E-state index in [0.717, 1.165) is 17.7 Å². The highest BCUT2D eigenvalue weighted by atomic mass is 19.1. The number of methoxy groups -OCH3 is 1. The van der Waals surface area contributed by atoms with Crippen LogP contribution in [0.1, 0.15) is 30.5 Å². The third-order valence-corrected chi connectivity index (χ3v) is 4.43. The highest BCUT2D eigenvalue weighted by Crippen LogP contribution is 2.35. The van der Waals surface area contributed by atoms with Crippen LogP contribution in [-0.2, 0) is 4.79 Å². The minimum Gasteiger partial charge on any atom is -0.497 e. The second-order valence-corrected chi connectivity index (χ2v) is 6.00. The van der Waals surface area contributed by atoms with Crippen LogP contribution in [0.2, 0.25) is 0 Å². The lowest BCUT2D eigenvalue weighted by Gasteiger charge is -2.34. The van der Waals surface area contributed by atoms with Crippen LogP contribution in [0, 0.1) is 11.6 Å². The van der Waals surface area contributed by atoms with Crippen molar-refractivity contribution in [3.05, 3.63) is 71.3 Å². The third kappa shape index (κ3) is 3.55. The van der Waals surface area contributed by atoms with E-state index in [0.29, 0.717) is 24.3 Å². The summed E-state index contributed by atoms with van der Waals surface area (Å²) in [6, 6.07) is 10.5. The lowest BCUT2D eigenvalue weighted by molar-refractivity contribution is -0.130. The lowest BCUT2D eigenvalue weighted by Crippen LogP contribution is -2.35. The monoisotopic (exact) mass is 343 g/mol. The summed E-state index contributed by atoms with van der Waals surface area (Å²) in [5.74, 6) is -0.334. The summed E-state index contributed by atoms with van der Waals surface area (Å²) in [5, 5.41) is 0. The minimum atomic E-state index is -0.482. The first-order valence-corrected chi connectivity index (χ1v) is 8.07. The zero-order valence-electron chi connectivity index (χ0n) is 14.1. The van der Waals surface area contributed by atoms with E-state index in [1.807, 2.05) is 30.3 Å². The number of halogens is 2. The van der Waals surface area contributed by atoms with Gasteiger partial charge in [-0.25, -0.2) is 8.78 Å². The van der Waals surface area contributed by atoms with Crippen molar-refractivity contribution >= 4 is 11.5 Å². The predicted octanol–water partition coefficient (Wildman–Crippen LogP) is 4.35. The molecule has 0 saturated heterocycles. The molecular formula is C20H19F2NO2. The molecule has 0 bridgehead atoms. The number of hydrogen-bond donors (Lipinski definition) is 0. The SMILES string of the molecule is COc1cccc(C2C=C(c3cc(F)ccc3F)CCN2C(C)=O)c1. The number of carbonyl (C=O) groups is 1. The molecule has 0 N–H and O–H groups in total. The molecule has 1 heterocycles. The average molecular weight is 343 g/mol. The first kappa shape index (κ1) is 17.1. The van der Waals surface area contributed by atoms with Gasteiger partial charge in [0, 0.05) is 19.0 Å². The van der Waals surface area contributed by atoms with Gasteiger partial charge in [-0.1, -0.05) is 18.2 Å². The van der Waals surface area contributed by atoms with Crippen LogP contribution in [0.4, 0.5) is 8.78 Å². The van der Waals surface area contributed by atoms with Crippen LogP contribution in [0.3, 0.4) is 0 Å². The maximum Gasteiger partial charge on any atom is 0.220 e. The van der Waals surface area contributed by atoms with Crippen molar-refractivity contribution in [2.24, 2.45) is 0 Å². The van der Waals surface area contributed by atoms with E-state index in [1.54, 1.807) is 12.0 Å². The second-order valence-electron chi connectivity index (χ2n) is 6.00. The molecule has 1 atom stereocenters. The van der Waals surface area contributed by atoms with Crippen molar-refractivity contribution in [1.29, 1.82) is 0 Å². The van der Waals surface area contributed by atoms with E-state index < -0.39 is 11.6 Å². The highest BCUT2D eigenvalue weighted by Gasteiger charge is 2.27. The van der Waals surface area contributed by atoms with E-state index in [2.05, 4.69) is 0 Å². The maximum absolute atomic E-state index is 14.2. The van der Waals surface area contributed by atoms with Gasteiger partial charge in [0.1, 0.15) is 17.4 Å². The Kier molecular flexibility index (Phi) is 4.83. The van der Waals surface area contributed by atoms with Crippen molar-refractivity contribution < 1.29 is 18.3 Å². The summed E-state index contributed by atoms with van der Waals surface area (Å²) in [4.78, 5) is 13.8. The van der Waals surface area contributed by atoms with Gasteiger partial charge in [0.25, 0.3) is 0 Å². The van der Waals surface area contributed by atoms with Crippen molar-refractivity contribution in [1.82, 2.24) is 4.90 Å². The molecule has 2 aromatic rings. The van der Waals surface area contributed by atoms with Gasteiger partial charge < -0.3 is 9.64 Å². The lowest BCUT2D eigenvalue weighted by atomic mass is 9.92. The van der Waals surface area contributed by atoms with Crippen molar-refractivity contribution in [3.63, 3.8) is 0 Å². The minimum absolute atomic E-state index is 0.0668. The second kappa shape index (κ2) is 7.05. The Balaban J connectivity index is 2.07. The Labute approximate surface area is 145 Å². The molecule has 1 aliphatic heterocycles. The Bertz CT molecular complexity index is 832. The largest absolute Gasteiger partial charge is 0.497 e. The summed E-state index contributed by atoms with van der Waals surface area (Å²) in [7, 11) is 1.58. The molecule has 5 heteroatoms. The molecule has 0 saturated carbocycles. The van der Waals surface area contributed by atoms with Gasteiger partial charge in [-0.3, -0.25) is 4.79 Å². The van der Waals surface area contributed by atoms with Crippen LogP contribution >= 0.6 is 0 Å². The molecule has 1 amide bonds. The number of carbonyl (C=O) groups excluding carboxylic acids is 1. The van der Waals surface area contributed by atoms with Crippen molar-refractivity contribution in [2.75, 3.05) is 13.7 Å². The average Bonchev–Trinajstić information content (AvgIpc) is 2.63. The Hall–Kier alpha value is -2.69. The molecule has 0 fully saturated rings. The van der Waals surface area contributed by atoms with Crippen LogP contribution in [-0.4, -0.2) is 24.5 Å². The van der Waals surface area contributed by atoms with E-state index >= 15 is 0 Å². The normalized spacial score (nSPS) is 17.2. The van der Waals surface area contributed by atoms with Gasteiger partial charge in [0.05, 0.1) is 13.2 Å². The Morgan fingerprint density at radius 3 is 2.72 bits per heavy atom. The topological polar surface area (TPSA) is 29.5 Å². The van der Waals surface area contributed by atoms with E-state index in [4.69, 9.17) is 4.74 Å². The molecule has 25 heavy (non-hydrogen) atoms. The number of ether oxygens (including phenoxy) is 1. The van der Waals surface area contributed by atoms with Crippen LogP contribution < -0.4 is 4.74 Å². The highest BCUT2D eigenvalue weighted by molar-refractivity contribution is 5.77. The number of nitrogens with zero attached hydrogens (tertiary/aromatic N) is 1. The number of hydrogen-bond acceptors (Lipinski definition) is 2. The Morgan fingerprint density at radius 1 is 1.20 bits per heavy atom. The smallest absolute Gasteiger partial charge is 0.220 e. The summed E-state index contributed by atoms with van der Waals surface area (Å²) >= 11 is 0. The molecule has 0 radical (unpaired) electrons. The van der Waals surface area contributed by atoms with Gasteiger partial charge in [-0.15, -0.1) is 0 Å². The van der Waals surface area contributed by atoms with Crippen LogP contribution in [0.25, 0.3) is 5.57 Å². The number of amides is 1. The summed E-state index contributed by atoms with van der Waals surface area (Å²) in [6.45, 7) is 1.95. The molecule has 1 unspecified atom stereocenters. The maximum atomic E-state index is 14.2. The third-order valence-electron chi connectivity index (χ3n) is 4.43. The van der Waals surface area contributed by atoms with Gasteiger partial charge in [0.15, 0.2) is 0 Å². The van der Waals surface area contributed by atoms with E-state index in [-0.39, 0.29) is 17.5 Å². The van der Waals surface area contributed by atoms with Gasteiger partial charge in [-0.2, -0.15) is 0 Å². The summed E-state index contributed by atoms with van der Waals surface area (Å²) < 4.78 is 33.0. The summed E-state index contributed by atoms with van der Waals surface area (Å²) in [5.41, 5.74) is 1.81. The molecule has 0 aliphatic carbocycles. The van der Waals surface area contributed by atoms with Crippen molar-refractivity contribution in [2.45, 2.75) is 19.4 Å². The number of benzene rings is 2. The zero-order valence-corrected chi connectivity index (χ0v) is 14.1. The molecule has 1 aliphatic rings. The van der Waals surface area contributed by atoms with Crippen molar-refractivity contribution in [3.8, 4) is 5.75 Å². The molecular weight excluding hydrogens is 324 g/mol. The van der Waals surface area contributed by atoms with Gasteiger partial charge >= 0.3 is 0 Å². The molecule has 130 valence electrons. The predicted molar refractivity (Wildman–Crippen MR) is 92.1 cm³/mol. The molecule has 3 rings (SSSR count). The Morgan fingerprint density at radius 2 is 2.00 bits per heavy atom. The molecule has 0 aromatic heterocycles. The fraction of sp³-hybridized carbons (Fsp3) is 0.250. The first-order valence-electron chi connectivity index (χ1n) is 8.07. The quantitative estimate of drug-likeness (QED) is 0.829. The standard InChI is InChI=1S/C20H19F2NO2/c1-13(24)23-9-8-14(18-12-16(21)6-7-19(18)22)11-20(23)15-4-3-5-17(10-15)25-2/h3-7,10-12,20H,8-9H2,1-2H3. The number of rotatable bonds is 3. The molecule has 2 aromatic carbocycles. The van der Waals surface area contributed by atoms with Crippen LogP contribution in [0.15, 0.2) is 48.5 Å². The van der Waals surface area contributed by atoms with E-state index in [1.165, 1.54) is 13.0 Å². The fourth-order valence-electron chi connectivity index (χ4n) is 3.17. The van der Waals surface area contributed by atoms with Gasteiger partial charge in [0.2, 0.25) is 5.91 Å². The summed E-state index contributed by atoms with van der Waals surface area (Å²) in [6.07, 6.45) is 2.30. The first-order chi connectivity index (χ1) is 12.0. The van der Waals surface area contributed by atoms with Gasteiger partial charge in [-0.05, 0) is 47.9 Å². The zero-order chi connectivity index (χ0) is 18.0. The van der Waals surface area contributed by atoms with Crippen LogP contribution in [0.5, 0.6) is 5.75 Å². The van der Waals surface area contributed by atoms with E-state index in [9.17, 15) is 13.6 Å². The molecule has 3 nitrogen and oxygen atoms in total.